The van der Waals surface area contributed by atoms with Crippen molar-refractivity contribution in [3.8, 4) is 0 Å². The van der Waals surface area contributed by atoms with Crippen LogP contribution in [-0.2, 0) is 0 Å². The summed E-state index contributed by atoms with van der Waals surface area (Å²) in [4.78, 5) is 14.3. The highest BCUT2D eigenvalue weighted by molar-refractivity contribution is 7.00. The van der Waals surface area contributed by atoms with Gasteiger partial charge in [0.1, 0.15) is 22.0 Å². The van der Waals surface area contributed by atoms with Gasteiger partial charge >= 0.3 is 0 Å². The molecule has 0 bridgehead atoms. The predicted octanol–water partition coefficient (Wildman–Crippen LogP) is 4.04. The number of hydrogen-bond donors (Lipinski definition) is 1. The molecule has 10 heteroatoms. The Bertz CT molecular complexity index is 854. The van der Waals surface area contributed by atoms with Crippen LogP contribution in [0.15, 0.2) is 24.3 Å². The number of anilines is 2. The van der Waals surface area contributed by atoms with Gasteiger partial charge in [0, 0.05) is 0 Å². The number of nitrogens with one attached hydrogen (secondary N) is 1. The van der Waals surface area contributed by atoms with Gasteiger partial charge in [-0.2, -0.15) is 8.75 Å². The molecule has 1 aromatic carbocycles. The van der Waals surface area contributed by atoms with Crippen LogP contribution >= 0.6 is 34.9 Å². The molecule has 3 aromatic rings. The van der Waals surface area contributed by atoms with Gasteiger partial charge in [0.2, 0.25) is 0 Å². The van der Waals surface area contributed by atoms with Gasteiger partial charge in [-0.05, 0) is 12.1 Å². The van der Waals surface area contributed by atoms with Gasteiger partial charge < -0.3 is 5.32 Å². The summed E-state index contributed by atoms with van der Waals surface area (Å²) in [6.45, 7) is 0. The minimum atomic E-state index is -0.550. The van der Waals surface area contributed by atoms with Gasteiger partial charge in [0.25, 0.3) is 5.69 Å². The Labute approximate surface area is 132 Å². The molecule has 0 unspecified atom stereocenters. The molecule has 1 N–H and O–H groups in total. The molecule has 0 aliphatic carbocycles. The van der Waals surface area contributed by atoms with Crippen molar-refractivity contribution in [1.82, 2.24) is 13.7 Å². The van der Waals surface area contributed by atoms with E-state index in [4.69, 9.17) is 23.2 Å². The molecule has 0 saturated heterocycles. The number of hydrogen-bond acceptors (Lipinski definition) is 7. The molecule has 0 fully saturated rings. The number of halogens is 2. The van der Waals surface area contributed by atoms with E-state index >= 15 is 0 Å². The van der Waals surface area contributed by atoms with Gasteiger partial charge in [0.15, 0.2) is 0 Å². The minimum Gasteiger partial charge on any atom is -0.337 e. The average molecular weight is 342 g/mol. The van der Waals surface area contributed by atoms with Crippen LogP contribution in [-0.4, -0.2) is 18.7 Å². The molecule has 2 aromatic heterocycles. The smallest absolute Gasteiger partial charge is 0.276 e. The molecule has 0 saturated carbocycles. The van der Waals surface area contributed by atoms with Crippen molar-refractivity contribution in [3.63, 3.8) is 0 Å². The second kappa shape index (κ2) is 5.40. The van der Waals surface area contributed by atoms with Crippen molar-refractivity contribution >= 4 is 63.2 Å². The van der Waals surface area contributed by atoms with Crippen LogP contribution < -0.4 is 5.32 Å². The van der Waals surface area contributed by atoms with E-state index in [1.54, 1.807) is 12.1 Å². The Morgan fingerprint density at radius 3 is 2.81 bits per heavy atom. The van der Waals surface area contributed by atoms with E-state index in [1.165, 1.54) is 12.1 Å². The summed E-state index contributed by atoms with van der Waals surface area (Å²) in [6, 6.07) is 5.83. The van der Waals surface area contributed by atoms with Crippen molar-refractivity contribution in [3.05, 3.63) is 44.6 Å². The molecular weight excluding hydrogens is 337 g/mol. The first kappa shape index (κ1) is 13.9. The molecule has 0 amide bonds. The van der Waals surface area contributed by atoms with Gasteiger partial charge in [-0.25, -0.2) is 4.98 Å². The fourth-order valence-corrected chi connectivity index (χ4v) is 2.67. The maximum atomic E-state index is 10.8. The largest absolute Gasteiger partial charge is 0.337 e. The topological polar surface area (TPSA) is 93.8 Å². The van der Waals surface area contributed by atoms with Crippen LogP contribution in [0.4, 0.5) is 17.2 Å². The zero-order valence-electron chi connectivity index (χ0n) is 10.1. The highest BCUT2D eigenvalue weighted by atomic mass is 35.5. The Morgan fingerprint density at radius 2 is 2.05 bits per heavy atom. The Morgan fingerprint density at radius 1 is 1.24 bits per heavy atom. The lowest BCUT2D eigenvalue weighted by Gasteiger charge is -2.08. The standard InChI is InChI=1S/C11H5Cl2N5O2S/c12-6-1-2-7-11(17-21-16-7)10(6)15-9-4-5(18(19)20)3-8(13)14-9/h1-4H,(H,14,15). The summed E-state index contributed by atoms with van der Waals surface area (Å²) in [5.74, 6) is 0.205. The van der Waals surface area contributed by atoms with Gasteiger partial charge in [-0.1, -0.05) is 23.2 Å². The first-order chi connectivity index (χ1) is 10.0. The van der Waals surface area contributed by atoms with E-state index in [1.807, 2.05) is 0 Å². The molecule has 0 radical (unpaired) electrons. The number of aromatic nitrogens is 3. The van der Waals surface area contributed by atoms with Crippen molar-refractivity contribution in [2.45, 2.75) is 0 Å². The zero-order chi connectivity index (χ0) is 15.0. The highest BCUT2D eigenvalue weighted by Gasteiger charge is 2.14. The second-order valence-corrected chi connectivity index (χ2v) is 5.29. The van der Waals surface area contributed by atoms with E-state index in [0.29, 0.717) is 21.7 Å². The minimum absolute atomic E-state index is 0.00593. The first-order valence-electron chi connectivity index (χ1n) is 5.54. The van der Waals surface area contributed by atoms with Crippen molar-refractivity contribution in [2.24, 2.45) is 0 Å². The summed E-state index contributed by atoms with van der Waals surface area (Å²) < 4.78 is 8.25. The predicted molar refractivity (Wildman–Crippen MR) is 81.6 cm³/mol. The SMILES string of the molecule is O=[N+]([O-])c1cc(Cl)nc(Nc2c(Cl)ccc3nsnc23)c1. The van der Waals surface area contributed by atoms with Crippen LogP contribution in [0.3, 0.4) is 0 Å². The van der Waals surface area contributed by atoms with Gasteiger partial charge in [0.05, 0.1) is 39.5 Å². The average Bonchev–Trinajstić information content (AvgIpc) is 2.90. The summed E-state index contributed by atoms with van der Waals surface area (Å²) in [5, 5.41) is 14.2. The van der Waals surface area contributed by atoms with Gasteiger partial charge in [-0.15, -0.1) is 0 Å². The van der Waals surface area contributed by atoms with Crippen LogP contribution in [0.1, 0.15) is 0 Å². The maximum absolute atomic E-state index is 10.8. The summed E-state index contributed by atoms with van der Waals surface area (Å²) in [7, 11) is 0. The highest BCUT2D eigenvalue weighted by Crippen LogP contribution is 2.33. The third kappa shape index (κ3) is 2.73. The summed E-state index contributed by atoms with van der Waals surface area (Å²) in [6.07, 6.45) is 0. The van der Waals surface area contributed by atoms with Gasteiger partial charge in [-0.3, -0.25) is 10.1 Å². The first-order valence-corrected chi connectivity index (χ1v) is 7.03. The summed E-state index contributed by atoms with van der Waals surface area (Å²) in [5.41, 5.74) is 1.55. The lowest BCUT2D eigenvalue weighted by atomic mass is 10.2. The maximum Gasteiger partial charge on any atom is 0.276 e. The molecule has 106 valence electrons. The quantitative estimate of drug-likeness (QED) is 0.438. The molecule has 0 atom stereocenters. The molecule has 2 heterocycles. The number of benzene rings is 1. The van der Waals surface area contributed by atoms with E-state index in [-0.39, 0.29) is 16.7 Å². The summed E-state index contributed by atoms with van der Waals surface area (Å²) >= 11 is 13.0. The number of rotatable bonds is 3. The lowest BCUT2D eigenvalue weighted by molar-refractivity contribution is -0.384. The molecular formula is C11H5Cl2N5O2S. The van der Waals surface area contributed by atoms with Crippen LogP contribution in [0.5, 0.6) is 0 Å². The van der Waals surface area contributed by atoms with E-state index in [2.05, 4.69) is 19.0 Å². The molecule has 0 aliphatic rings. The van der Waals surface area contributed by atoms with E-state index < -0.39 is 4.92 Å². The number of nitrogens with zero attached hydrogens (tertiary/aromatic N) is 4. The van der Waals surface area contributed by atoms with Crippen LogP contribution in [0, 0.1) is 10.1 Å². The monoisotopic (exact) mass is 341 g/mol. The van der Waals surface area contributed by atoms with Crippen LogP contribution in [0.2, 0.25) is 10.2 Å². The number of nitro groups is 1. The van der Waals surface area contributed by atoms with Crippen molar-refractivity contribution in [2.75, 3.05) is 5.32 Å². The second-order valence-electron chi connectivity index (χ2n) is 3.97. The Kier molecular flexibility index (Phi) is 3.58. The molecule has 7 nitrogen and oxygen atoms in total. The van der Waals surface area contributed by atoms with Crippen LogP contribution in [0.25, 0.3) is 11.0 Å². The molecule has 3 rings (SSSR count). The lowest BCUT2D eigenvalue weighted by Crippen LogP contribution is -1.98. The fraction of sp³-hybridized carbons (Fsp3) is 0. The number of pyridine rings is 1. The van der Waals surface area contributed by atoms with Crippen molar-refractivity contribution < 1.29 is 4.92 Å². The number of fused-ring (bicyclic) bond motifs is 1. The Hall–Kier alpha value is -2.03. The van der Waals surface area contributed by atoms with E-state index in [9.17, 15) is 10.1 Å². The normalized spacial score (nSPS) is 10.8. The molecule has 0 spiro atoms. The van der Waals surface area contributed by atoms with Crippen molar-refractivity contribution in [1.29, 1.82) is 0 Å². The Balaban J connectivity index is 2.08. The molecule has 0 aliphatic heterocycles. The third-order valence-electron chi connectivity index (χ3n) is 2.62. The fourth-order valence-electron chi connectivity index (χ4n) is 1.73. The zero-order valence-corrected chi connectivity index (χ0v) is 12.4. The third-order valence-corrected chi connectivity index (χ3v) is 3.67. The molecule has 21 heavy (non-hydrogen) atoms. The van der Waals surface area contributed by atoms with E-state index in [0.717, 1.165) is 11.7 Å².